The van der Waals surface area contributed by atoms with Gasteiger partial charge in [0.25, 0.3) is 0 Å². The number of hydrogen-bond acceptors (Lipinski definition) is 9. The zero-order valence-corrected chi connectivity index (χ0v) is 23.7. The Labute approximate surface area is 247 Å². The van der Waals surface area contributed by atoms with Crippen molar-refractivity contribution in [2.45, 2.75) is 18.9 Å². The van der Waals surface area contributed by atoms with Gasteiger partial charge in [-0.15, -0.1) is 5.10 Å². The van der Waals surface area contributed by atoms with Crippen molar-refractivity contribution in [1.29, 1.82) is 0 Å². The summed E-state index contributed by atoms with van der Waals surface area (Å²) in [4.78, 5) is 32.7. The molecule has 2 aromatic carbocycles. The van der Waals surface area contributed by atoms with Crippen molar-refractivity contribution in [2.24, 2.45) is 16.0 Å². The Morgan fingerprint density at radius 3 is 2.95 bits per heavy atom. The molecule has 4 rings (SSSR count). The first-order valence-corrected chi connectivity index (χ1v) is 13.4. The van der Waals surface area contributed by atoms with Crippen molar-refractivity contribution in [3.63, 3.8) is 0 Å². The van der Waals surface area contributed by atoms with E-state index < -0.39 is 12.1 Å². The molecule has 13 nitrogen and oxygen atoms in total. The third kappa shape index (κ3) is 8.16. The number of hydrazine groups is 1. The Morgan fingerprint density at radius 2 is 2.14 bits per heavy atom. The van der Waals surface area contributed by atoms with E-state index in [1.807, 2.05) is 6.07 Å². The molecule has 2 heterocycles. The summed E-state index contributed by atoms with van der Waals surface area (Å²) in [5.41, 5.74) is 3.05. The highest BCUT2D eigenvalue weighted by Gasteiger charge is 2.20. The quantitative estimate of drug-likeness (QED) is 0.0903. The number of nitrogens with zero attached hydrogens (tertiary/aromatic N) is 4. The van der Waals surface area contributed by atoms with Crippen LogP contribution in [0.4, 0.5) is 16.2 Å². The molecule has 6 N–H and O–H groups in total. The average molecular weight is 594 g/mol. The van der Waals surface area contributed by atoms with E-state index in [0.29, 0.717) is 52.4 Å². The number of nitrogens with two attached hydrogens (primary N) is 1. The number of hydrogen-bond donors (Lipinski definition) is 5. The van der Waals surface area contributed by atoms with Gasteiger partial charge < -0.3 is 25.1 Å². The number of ether oxygens (including phenoxy) is 2. The van der Waals surface area contributed by atoms with Crippen LogP contribution in [0, 0.1) is 0 Å². The SMILES string of the molecule is C=N/N=C\N(N)c1ccc(Cl)cc1/C=C/C(=O)N[C@H]1CNCCCCOc2cc(NC(=O)OC)ccc2-c2c[nH]c1n2. The minimum absolute atomic E-state index is 0.345. The summed E-state index contributed by atoms with van der Waals surface area (Å²) in [7, 11) is 1.30. The van der Waals surface area contributed by atoms with Crippen molar-refractivity contribution in [3.8, 4) is 17.0 Å². The van der Waals surface area contributed by atoms with Gasteiger partial charge in [0.15, 0.2) is 0 Å². The molecule has 2 bridgehead atoms. The lowest BCUT2D eigenvalue weighted by molar-refractivity contribution is -0.117. The highest BCUT2D eigenvalue weighted by atomic mass is 35.5. The maximum absolute atomic E-state index is 13.1. The third-order valence-electron chi connectivity index (χ3n) is 6.23. The van der Waals surface area contributed by atoms with Crippen LogP contribution >= 0.6 is 11.6 Å². The number of methoxy groups -OCH3 is 1. The van der Waals surface area contributed by atoms with Crippen LogP contribution in [0.2, 0.25) is 5.02 Å². The molecule has 1 aliphatic heterocycles. The zero-order valence-electron chi connectivity index (χ0n) is 23.0. The Kier molecular flexibility index (Phi) is 10.6. The summed E-state index contributed by atoms with van der Waals surface area (Å²) in [5.74, 6) is 6.82. The maximum Gasteiger partial charge on any atom is 0.411 e. The molecule has 2 amide bonds. The fourth-order valence-electron chi connectivity index (χ4n) is 4.18. The van der Waals surface area contributed by atoms with E-state index in [1.54, 1.807) is 42.6 Å². The van der Waals surface area contributed by atoms with E-state index in [1.165, 1.54) is 24.5 Å². The van der Waals surface area contributed by atoms with Gasteiger partial charge >= 0.3 is 6.09 Å². The maximum atomic E-state index is 13.1. The Bertz CT molecular complexity index is 1470. The predicted octanol–water partition coefficient (Wildman–Crippen LogP) is 3.87. The van der Waals surface area contributed by atoms with Crippen LogP contribution in [0.25, 0.3) is 17.3 Å². The van der Waals surface area contributed by atoms with Gasteiger partial charge in [-0.05, 0) is 55.8 Å². The number of benzene rings is 2. The number of aromatic amines is 1. The number of H-pyrrole nitrogens is 1. The van der Waals surface area contributed by atoms with Gasteiger partial charge in [-0.25, -0.2) is 15.6 Å². The summed E-state index contributed by atoms with van der Waals surface area (Å²) in [6.07, 6.45) is 7.14. The minimum atomic E-state index is -0.578. The van der Waals surface area contributed by atoms with Gasteiger partial charge in [-0.1, -0.05) is 11.6 Å². The summed E-state index contributed by atoms with van der Waals surface area (Å²) in [5, 5.41) is 17.9. The number of fused-ring (bicyclic) bond motifs is 4. The molecular weight excluding hydrogens is 562 g/mol. The molecular formula is C28H32ClN9O4. The van der Waals surface area contributed by atoms with E-state index in [-0.39, 0.29) is 5.91 Å². The molecule has 1 aromatic heterocycles. The fraction of sp³-hybridized carbons (Fsp3) is 0.250. The molecule has 0 radical (unpaired) electrons. The van der Waals surface area contributed by atoms with Gasteiger partial charge in [-0.3, -0.25) is 15.1 Å². The smallest absolute Gasteiger partial charge is 0.411 e. The van der Waals surface area contributed by atoms with Crippen LogP contribution in [-0.2, 0) is 9.53 Å². The van der Waals surface area contributed by atoms with E-state index in [2.05, 4.69) is 42.6 Å². The van der Waals surface area contributed by atoms with Crippen molar-refractivity contribution < 1.29 is 19.1 Å². The molecule has 0 fully saturated rings. The van der Waals surface area contributed by atoms with E-state index in [9.17, 15) is 9.59 Å². The highest BCUT2D eigenvalue weighted by molar-refractivity contribution is 6.30. The normalized spacial score (nSPS) is 15.5. The lowest BCUT2D eigenvalue weighted by Crippen LogP contribution is -2.36. The second-order valence-corrected chi connectivity index (χ2v) is 9.57. The van der Waals surface area contributed by atoms with Gasteiger partial charge in [-0.2, -0.15) is 5.10 Å². The summed E-state index contributed by atoms with van der Waals surface area (Å²) < 4.78 is 10.7. The standard InChI is InChI=1S/C28H32ClN9O4/c1-31-34-17-38(30)24-9-6-19(29)13-18(24)5-10-26(39)36-23-15-32-11-3-4-12-42-25-14-20(35-28(40)41-2)7-8-21(25)22-16-33-27(23)37-22/h5-10,13-14,16-17,23,32H,1,3-4,11-12,15,30H2,2H3,(H,33,37)(H,35,40)(H,36,39)/b10-5+,34-17-/t23-/m0/s1. The average Bonchev–Trinajstić information content (AvgIpc) is 3.47. The Balaban J connectivity index is 1.56. The van der Waals surface area contributed by atoms with E-state index >= 15 is 0 Å². The van der Waals surface area contributed by atoms with Crippen molar-refractivity contribution >= 4 is 54.1 Å². The molecule has 0 saturated heterocycles. The van der Waals surface area contributed by atoms with E-state index in [4.69, 9.17) is 27.2 Å². The lowest BCUT2D eigenvalue weighted by Gasteiger charge is -2.17. The monoisotopic (exact) mass is 593 g/mol. The fourth-order valence-corrected chi connectivity index (χ4v) is 4.36. The molecule has 1 atom stereocenters. The van der Waals surface area contributed by atoms with Crippen LogP contribution < -0.4 is 31.5 Å². The molecule has 0 spiro atoms. The second-order valence-electron chi connectivity index (χ2n) is 9.14. The molecule has 0 saturated carbocycles. The van der Waals surface area contributed by atoms with Crippen LogP contribution in [0.1, 0.15) is 30.3 Å². The first kappa shape index (κ1) is 30.2. The molecule has 1 aliphatic rings. The Morgan fingerprint density at radius 1 is 1.29 bits per heavy atom. The largest absolute Gasteiger partial charge is 0.493 e. The van der Waals surface area contributed by atoms with Crippen LogP contribution in [0.5, 0.6) is 5.75 Å². The first-order valence-electron chi connectivity index (χ1n) is 13.1. The summed E-state index contributed by atoms with van der Waals surface area (Å²) in [6, 6.07) is 9.88. The number of carbonyl (C=O) groups is 2. The summed E-state index contributed by atoms with van der Waals surface area (Å²) >= 11 is 6.18. The Hall–Kier alpha value is -4.72. The number of halogens is 1. The van der Waals surface area contributed by atoms with E-state index in [0.717, 1.165) is 24.9 Å². The number of carbonyl (C=O) groups excluding carboxylic acids is 2. The number of imidazole rings is 1. The lowest BCUT2D eigenvalue weighted by atomic mass is 10.1. The van der Waals surface area contributed by atoms with Crippen LogP contribution in [-0.4, -0.2) is 61.8 Å². The number of rotatable bonds is 7. The van der Waals surface area contributed by atoms with Gasteiger partial charge in [0.2, 0.25) is 5.91 Å². The van der Waals surface area contributed by atoms with Crippen LogP contribution in [0.3, 0.4) is 0 Å². The molecule has 220 valence electrons. The molecule has 3 aromatic rings. The van der Waals surface area contributed by atoms with Gasteiger partial charge in [0, 0.05) is 53.4 Å². The highest BCUT2D eigenvalue weighted by Crippen LogP contribution is 2.33. The van der Waals surface area contributed by atoms with Gasteiger partial charge in [0.1, 0.15) is 17.9 Å². The van der Waals surface area contributed by atoms with Crippen molar-refractivity contribution in [2.75, 3.05) is 37.1 Å². The zero-order chi connectivity index (χ0) is 29.9. The van der Waals surface area contributed by atoms with Crippen molar-refractivity contribution in [1.82, 2.24) is 20.6 Å². The third-order valence-corrected chi connectivity index (χ3v) is 6.46. The molecule has 0 unspecified atom stereocenters. The number of nitrogens with one attached hydrogen (secondary N) is 4. The first-order chi connectivity index (χ1) is 20.4. The summed E-state index contributed by atoms with van der Waals surface area (Å²) in [6.45, 7) is 4.95. The molecule has 0 aliphatic carbocycles. The molecule has 42 heavy (non-hydrogen) atoms. The predicted molar refractivity (Wildman–Crippen MR) is 164 cm³/mol. The topological polar surface area (TPSA) is 171 Å². The number of aromatic nitrogens is 2. The second kappa shape index (κ2) is 14.8. The number of anilines is 2. The number of amides is 2. The van der Waals surface area contributed by atoms with Gasteiger partial charge in [0.05, 0.1) is 31.1 Å². The van der Waals surface area contributed by atoms with Crippen LogP contribution in [0.15, 0.2) is 58.9 Å². The van der Waals surface area contributed by atoms with Crippen molar-refractivity contribution in [3.05, 3.63) is 65.1 Å². The molecule has 14 heteroatoms. The minimum Gasteiger partial charge on any atom is -0.493 e.